The van der Waals surface area contributed by atoms with Crippen molar-refractivity contribution in [3.8, 4) is 0 Å². The number of aliphatic hydroxyl groups is 1. The summed E-state index contributed by atoms with van der Waals surface area (Å²) >= 11 is 0. The van der Waals surface area contributed by atoms with Crippen molar-refractivity contribution in [1.29, 1.82) is 0 Å². The lowest BCUT2D eigenvalue weighted by atomic mass is 9.32. The van der Waals surface area contributed by atoms with Crippen molar-refractivity contribution in [2.75, 3.05) is 0 Å². The van der Waals surface area contributed by atoms with Crippen LogP contribution in [0.5, 0.6) is 0 Å². The molecule has 0 radical (unpaired) electrons. The van der Waals surface area contributed by atoms with E-state index in [1.165, 1.54) is 89.9 Å². The van der Waals surface area contributed by atoms with Crippen molar-refractivity contribution >= 4 is 11.9 Å². The van der Waals surface area contributed by atoms with E-state index >= 15 is 0 Å². The lowest BCUT2D eigenvalue weighted by molar-refractivity contribution is -0.252. The van der Waals surface area contributed by atoms with Crippen molar-refractivity contribution in [1.82, 2.24) is 0 Å². The van der Waals surface area contributed by atoms with Crippen LogP contribution in [0.3, 0.4) is 0 Å². The molecule has 6 fully saturated rings. The molecule has 5 saturated carbocycles. The molecular weight excluding hydrogens is 633 g/mol. The molecule has 5 aliphatic carbocycles. The van der Waals surface area contributed by atoms with E-state index in [4.69, 9.17) is 9.47 Å². The largest absolute Gasteiger partial charge is 0.457 e. The fraction of sp³-hybridized carbons (Fsp3) is 0.913. The van der Waals surface area contributed by atoms with Crippen molar-refractivity contribution in [3.63, 3.8) is 0 Å². The first-order valence-corrected chi connectivity index (χ1v) is 21.9. The van der Waals surface area contributed by atoms with E-state index in [0.717, 1.165) is 50.5 Å². The van der Waals surface area contributed by atoms with E-state index in [-0.39, 0.29) is 51.5 Å². The monoisotopic (exact) mass is 709 g/mol. The number of aliphatic hydroxyl groups excluding tert-OH is 1. The van der Waals surface area contributed by atoms with E-state index in [9.17, 15) is 14.7 Å². The average Bonchev–Trinajstić information content (AvgIpc) is 3.49. The fourth-order valence-corrected chi connectivity index (χ4v) is 14.6. The quantitative estimate of drug-likeness (QED) is 0.0981. The van der Waals surface area contributed by atoms with Gasteiger partial charge in [0.1, 0.15) is 11.5 Å². The molecule has 5 nitrogen and oxygen atoms in total. The van der Waals surface area contributed by atoms with Crippen LogP contribution in [0.1, 0.15) is 190 Å². The van der Waals surface area contributed by atoms with Gasteiger partial charge < -0.3 is 14.6 Å². The van der Waals surface area contributed by atoms with Crippen molar-refractivity contribution in [2.45, 2.75) is 208 Å². The molecule has 51 heavy (non-hydrogen) atoms. The second-order valence-electron chi connectivity index (χ2n) is 20.3. The number of hydrogen-bond acceptors (Lipinski definition) is 5. The zero-order chi connectivity index (χ0) is 36.8. The van der Waals surface area contributed by atoms with Gasteiger partial charge in [0, 0.05) is 12.3 Å². The topological polar surface area (TPSA) is 72.8 Å². The van der Waals surface area contributed by atoms with E-state index in [2.05, 4.69) is 55.0 Å². The fourth-order valence-electron chi connectivity index (χ4n) is 14.6. The zero-order valence-electron chi connectivity index (χ0n) is 34.0. The van der Waals surface area contributed by atoms with Gasteiger partial charge in [-0.3, -0.25) is 9.59 Å². The summed E-state index contributed by atoms with van der Waals surface area (Å²) in [5.41, 5.74) is 0.727. The van der Waals surface area contributed by atoms with Crippen LogP contribution in [-0.4, -0.2) is 35.4 Å². The predicted octanol–water partition coefficient (Wildman–Crippen LogP) is 11.5. The average molecular weight is 709 g/mol. The zero-order valence-corrected chi connectivity index (χ0v) is 34.0. The Morgan fingerprint density at radius 1 is 0.784 bits per heavy atom. The third kappa shape index (κ3) is 6.39. The molecule has 0 aromatic rings. The van der Waals surface area contributed by atoms with Crippen LogP contribution in [0, 0.1) is 56.7 Å². The molecule has 0 aromatic carbocycles. The highest BCUT2D eigenvalue weighted by atomic mass is 16.6. The summed E-state index contributed by atoms with van der Waals surface area (Å²) in [6, 6.07) is 0. The summed E-state index contributed by atoms with van der Waals surface area (Å²) in [6.07, 6.45) is 24.3. The third-order valence-electron chi connectivity index (χ3n) is 17.5. The molecule has 1 N–H and O–H groups in total. The summed E-state index contributed by atoms with van der Waals surface area (Å²) in [5, 5.41) is 11.1. The Morgan fingerprint density at radius 2 is 1.39 bits per heavy atom. The third-order valence-corrected chi connectivity index (χ3v) is 17.5. The Morgan fingerprint density at radius 3 is 2.00 bits per heavy atom. The summed E-state index contributed by atoms with van der Waals surface area (Å²) in [7, 11) is 0. The number of hydrogen-bond donors (Lipinski definition) is 1. The first kappa shape index (κ1) is 39.3. The first-order valence-electron chi connectivity index (χ1n) is 21.9. The summed E-state index contributed by atoms with van der Waals surface area (Å²) in [5.74, 6) is 1.40. The summed E-state index contributed by atoms with van der Waals surface area (Å²) < 4.78 is 12.6. The minimum atomic E-state index is -0.745. The van der Waals surface area contributed by atoms with Gasteiger partial charge in [-0.2, -0.15) is 0 Å². The minimum Gasteiger partial charge on any atom is -0.457 e. The number of carbonyl (C=O) groups excluding carboxylic acids is 2. The van der Waals surface area contributed by atoms with Crippen molar-refractivity contribution in [2.24, 2.45) is 56.7 Å². The van der Waals surface area contributed by atoms with Gasteiger partial charge in [-0.25, -0.2) is 0 Å². The number of esters is 2. The van der Waals surface area contributed by atoms with Crippen LogP contribution < -0.4 is 0 Å². The standard InChI is InChI=1S/C46H76O5/c1-9-10-11-12-13-14-15-16-17-18-19-20-21-22-36(48)50-40-39-37(31(2)3)38-32-23-24-34-43(6)27-26-35(47)42(4,5)33(43)25-28-45(34,8)44(32,7)29-30-46(38,40)41(49)51-39/h32-35,37-40,47H,2,9-30H2,1,3-8H3/t32-,33+,34-,35-,37+,38+,39-,40-,43+,44-,45-,46+/m1/s1. The van der Waals surface area contributed by atoms with E-state index in [1.54, 1.807) is 0 Å². The normalized spacial score (nSPS) is 43.4. The van der Waals surface area contributed by atoms with Crippen LogP contribution in [0.4, 0.5) is 0 Å². The van der Waals surface area contributed by atoms with Gasteiger partial charge in [0.25, 0.3) is 0 Å². The van der Waals surface area contributed by atoms with Crippen molar-refractivity contribution < 1.29 is 24.2 Å². The number of fused-ring (bicyclic) bond motifs is 7. The van der Waals surface area contributed by atoms with Gasteiger partial charge >= 0.3 is 11.9 Å². The minimum absolute atomic E-state index is 0.0392. The maximum Gasteiger partial charge on any atom is 0.316 e. The Bertz CT molecular complexity index is 1270. The molecule has 6 aliphatic rings. The molecule has 5 heteroatoms. The molecule has 6 rings (SSSR count). The highest BCUT2D eigenvalue weighted by Gasteiger charge is 2.80. The molecule has 1 heterocycles. The van der Waals surface area contributed by atoms with Gasteiger partial charge in [-0.05, 0) is 110 Å². The molecule has 1 spiro atoms. The maximum atomic E-state index is 14.1. The molecule has 290 valence electrons. The summed E-state index contributed by atoms with van der Waals surface area (Å²) in [6.45, 7) is 21.3. The molecule has 1 aliphatic heterocycles. The van der Waals surface area contributed by atoms with Gasteiger partial charge in [0.05, 0.1) is 6.10 Å². The first-order chi connectivity index (χ1) is 24.2. The maximum absolute atomic E-state index is 14.1. The SMILES string of the molecule is C=C(C)[C@@H]1[C@H]2OC(=O)[C@]3(CC[C@]4(C)[C@H](CC[C@@H]5[C@@]6(C)CC[C@@H](O)C(C)(C)[C@@H]6CC[C@]54C)[C@@H]13)[C@@H]2OC(=O)CCCCCCCCCCCCCCC. The number of unbranched alkanes of at least 4 members (excludes halogenated alkanes) is 12. The van der Waals surface area contributed by atoms with E-state index < -0.39 is 17.6 Å². The predicted molar refractivity (Wildman–Crippen MR) is 206 cm³/mol. The van der Waals surface area contributed by atoms with Gasteiger partial charge in [0.15, 0.2) is 6.10 Å². The van der Waals surface area contributed by atoms with Crippen molar-refractivity contribution in [3.05, 3.63) is 12.2 Å². The van der Waals surface area contributed by atoms with Gasteiger partial charge in [0.2, 0.25) is 0 Å². The lowest BCUT2D eigenvalue weighted by Crippen LogP contribution is -2.67. The number of rotatable bonds is 16. The highest BCUT2D eigenvalue weighted by Crippen LogP contribution is 2.78. The lowest BCUT2D eigenvalue weighted by Gasteiger charge is -2.72. The molecule has 12 atom stereocenters. The van der Waals surface area contributed by atoms with Gasteiger partial charge in [-0.1, -0.05) is 131 Å². The van der Waals surface area contributed by atoms with Crippen LogP contribution in [0.25, 0.3) is 0 Å². The van der Waals surface area contributed by atoms with Crippen LogP contribution in [-0.2, 0) is 19.1 Å². The van der Waals surface area contributed by atoms with Crippen LogP contribution in [0.2, 0.25) is 0 Å². The Kier molecular flexibility index (Phi) is 11.6. The highest BCUT2D eigenvalue weighted by molar-refractivity contribution is 5.84. The Labute approximate surface area is 312 Å². The molecule has 0 unspecified atom stereocenters. The second kappa shape index (κ2) is 15.1. The second-order valence-corrected chi connectivity index (χ2v) is 20.3. The van der Waals surface area contributed by atoms with E-state index in [0.29, 0.717) is 24.2 Å². The Hall–Kier alpha value is -1.36. The molecular formula is C46H76O5. The van der Waals surface area contributed by atoms with E-state index in [1.807, 2.05) is 0 Å². The molecule has 0 amide bonds. The number of carbonyl (C=O) groups is 2. The van der Waals surface area contributed by atoms with Gasteiger partial charge in [-0.15, -0.1) is 0 Å². The molecule has 1 saturated heterocycles. The summed E-state index contributed by atoms with van der Waals surface area (Å²) in [4.78, 5) is 27.5. The Balaban J connectivity index is 1.08. The van der Waals surface area contributed by atoms with Crippen LogP contribution in [0.15, 0.2) is 12.2 Å². The number of ether oxygens (including phenoxy) is 2. The molecule has 2 bridgehead atoms. The smallest absolute Gasteiger partial charge is 0.316 e. The van der Waals surface area contributed by atoms with Crippen LogP contribution >= 0.6 is 0 Å². The molecule has 0 aromatic heterocycles.